The molecule has 0 unspecified atom stereocenters. The molecule has 3 amide bonds. The van der Waals surface area contributed by atoms with Crippen molar-refractivity contribution in [3.05, 3.63) is 70.8 Å². The Morgan fingerprint density at radius 1 is 0.871 bits per heavy atom. The third-order valence-electron chi connectivity index (χ3n) is 4.43. The number of hydrogen-bond donors (Lipinski definition) is 4. The quantitative estimate of drug-likeness (QED) is 0.316. The van der Waals surface area contributed by atoms with E-state index < -0.39 is 11.8 Å². The van der Waals surface area contributed by atoms with Gasteiger partial charge in [0.05, 0.1) is 0 Å². The smallest absolute Gasteiger partial charge is 0.250 e. The maximum absolute atomic E-state index is 12.0. The first-order chi connectivity index (χ1) is 14.7. The number of benzene rings is 2. The van der Waals surface area contributed by atoms with Crippen LogP contribution < -0.4 is 21.5 Å². The molecule has 0 spiro atoms. The van der Waals surface area contributed by atoms with E-state index in [1.807, 2.05) is 63.2 Å². The number of anilines is 1. The molecule has 0 saturated carbocycles. The van der Waals surface area contributed by atoms with Crippen LogP contribution in [0, 0.1) is 20.8 Å². The van der Waals surface area contributed by atoms with Crippen molar-refractivity contribution in [2.75, 3.05) is 5.32 Å². The minimum absolute atomic E-state index is 0.0127. The minimum Gasteiger partial charge on any atom is -0.326 e. The largest absolute Gasteiger partial charge is 0.326 e. The van der Waals surface area contributed by atoms with E-state index >= 15 is 0 Å². The summed E-state index contributed by atoms with van der Waals surface area (Å²) in [6, 6.07) is 13.3. The molecular formula is C23H26N4O3S. The lowest BCUT2D eigenvalue weighted by atomic mass is 10.1. The van der Waals surface area contributed by atoms with Gasteiger partial charge in [-0.05, 0) is 67.9 Å². The number of hydrogen-bond acceptors (Lipinski definition) is 4. The van der Waals surface area contributed by atoms with E-state index in [1.165, 1.54) is 6.08 Å². The molecule has 0 fully saturated rings. The van der Waals surface area contributed by atoms with Gasteiger partial charge in [-0.2, -0.15) is 0 Å². The fourth-order valence-corrected chi connectivity index (χ4v) is 2.64. The van der Waals surface area contributed by atoms with Crippen molar-refractivity contribution < 1.29 is 14.4 Å². The molecule has 2 aromatic rings. The Kier molecular flexibility index (Phi) is 8.90. The molecule has 31 heavy (non-hydrogen) atoms. The summed E-state index contributed by atoms with van der Waals surface area (Å²) in [6.45, 7) is 5.94. The van der Waals surface area contributed by atoms with Crippen LogP contribution in [0.2, 0.25) is 0 Å². The minimum atomic E-state index is -0.430. The van der Waals surface area contributed by atoms with E-state index in [4.69, 9.17) is 12.2 Å². The zero-order valence-corrected chi connectivity index (χ0v) is 18.6. The molecule has 8 heteroatoms. The molecule has 0 heterocycles. The van der Waals surface area contributed by atoms with Crippen molar-refractivity contribution in [1.29, 1.82) is 0 Å². The van der Waals surface area contributed by atoms with Gasteiger partial charge in [0.2, 0.25) is 17.7 Å². The van der Waals surface area contributed by atoms with Crippen LogP contribution in [0.15, 0.2) is 48.5 Å². The van der Waals surface area contributed by atoms with Crippen molar-refractivity contribution in [2.24, 2.45) is 0 Å². The van der Waals surface area contributed by atoms with E-state index in [2.05, 4.69) is 21.5 Å². The predicted octanol–water partition coefficient (Wildman–Crippen LogP) is 3.07. The molecular weight excluding hydrogens is 412 g/mol. The number of thiocarbonyl (C=S) groups is 1. The summed E-state index contributed by atoms with van der Waals surface area (Å²) in [5.74, 6) is -1.13. The molecule has 7 nitrogen and oxygen atoms in total. The number of aryl methyl sites for hydroxylation is 3. The van der Waals surface area contributed by atoms with Crippen molar-refractivity contribution >= 4 is 46.8 Å². The molecule has 0 aliphatic heterocycles. The fourth-order valence-electron chi connectivity index (χ4n) is 2.49. The van der Waals surface area contributed by atoms with Gasteiger partial charge in [0.15, 0.2) is 5.11 Å². The average molecular weight is 439 g/mol. The summed E-state index contributed by atoms with van der Waals surface area (Å²) in [5, 5.41) is 5.13. The van der Waals surface area contributed by atoms with Crippen molar-refractivity contribution in [3.8, 4) is 0 Å². The highest BCUT2D eigenvalue weighted by atomic mass is 32.1. The first kappa shape index (κ1) is 23.8. The third kappa shape index (κ3) is 8.79. The van der Waals surface area contributed by atoms with Gasteiger partial charge in [-0.1, -0.05) is 35.9 Å². The van der Waals surface area contributed by atoms with E-state index in [9.17, 15) is 14.4 Å². The van der Waals surface area contributed by atoms with Gasteiger partial charge >= 0.3 is 0 Å². The van der Waals surface area contributed by atoms with Crippen LogP contribution in [-0.4, -0.2) is 22.8 Å². The van der Waals surface area contributed by atoms with Crippen LogP contribution in [0.25, 0.3) is 6.08 Å². The van der Waals surface area contributed by atoms with Gasteiger partial charge < -0.3 is 5.32 Å². The average Bonchev–Trinajstić information content (AvgIpc) is 2.73. The topological polar surface area (TPSA) is 99.3 Å². The SMILES string of the molecule is Cc1ccc(/C=C/C(=O)NC(=S)NNC(=O)CCC(=O)Nc2ccc(C)c(C)c2)cc1. The molecule has 0 saturated heterocycles. The molecule has 0 bridgehead atoms. The Labute approximate surface area is 187 Å². The number of nitrogens with one attached hydrogen (secondary N) is 4. The van der Waals surface area contributed by atoms with Crippen molar-refractivity contribution in [2.45, 2.75) is 33.6 Å². The summed E-state index contributed by atoms with van der Waals surface area (Å²) < 4.78 is 0. The fraction of sp³-hybridized carbons (Fsp3) is 0.217. The van der Waals surface area contributed by atoms with Gasteiger partial charge in [-0.25, -0.2) is 0 Å². The molecule has 0 atom stereocenters. The molecule has 2 rings (SSSR count). The lowest BCUT2D eigenvalue weighted by molar-refractivity contribution is -0.124. The van der Waals surface area contributed by atoms with Gasteiger partial charge in [0.25, 0.3) is 0 Å². The Morgan fingerprint density at radius 3 is 2.23 bits per heavy atom. The Bertz CT molecular complexity index is 1000. The first-order valence-corrected chi connectivity index (χ1v) is 10.2. The highest BCUT2D eigenvalue weighted by Gasteiger charge is 2.09. The van der Waals surface area contributed by atoms with Crippen molar-refractivity contribution in [1.82, 2.24) is 16.2 Å². The van der Waals surface area contributed by atoms with E-state index in [0.29, 0.717) is 5.69 Å². The maximum Gasteiger partial charge on any atom is 0.250 e. The second-order valence-corrected chi connectivity index (χ2v) is 7.49. The lowest BCUT2D eigenvalue weighted by Crippen LogP contribution is -2.48. The number of carbonyl (C=O) groups excluding carboxylic acids is 3. The highest BCUT2D eigenvalue weighted by molar-refractivity contribution is 7.80. The molecule has 4 N–H and O–H groups in total. The van der Waals surface area contributed by atoms with Crippen LogP contribution in [0.1, 0.15) is 35.1 Å². The van der Waals surface area contributed by atoms with E-state index in [0.717, 1.165) is 22.3 Å². The standard InChI is InChI=1S/C23H26N4O3S/c1-15-4-7-18(8-5-15)9-11-21(29)25-23(31)27-26-22(30)13-12-20(28)24-19-10-6-16(2)17(3)14-19/h4-11,14H,12-13H2,1-3H3,(H,24,28)(H,26,30)(H2,25,27,29,31)/b11-9+. The summed E-state index contributed by atoms with van der Waals surface area (Å²) >= 11 is 4.97. The van der Waals surface area contributed by atoms with E-state index in [1.54, 1.807) is 6.08 Å². The lowest BCUT2D eigenvalue weighted by Gasteiger charge is -2.10. The molecule has 0 aliphatic rings. The number of rotatable bonds is 6. The number of hydrazine groups is 1. The summed E-state index contributed by atoms with van der Waals surface area (Å²) in [5.41, 5.74) is 9.71. The maximum atomic E-state index is 12.0. The summed E-state index contributed by atoms with van der Waals surface area (Å²) in [4.78, 5) is 35.8. The summed E-state index contributed by atoms with van der Waals surface area (Å²) in [7, 11) is 0. The molecule has 0 radical (unpaired) electrons. The van der Waals surface area contributed by atoms with Crippen LogP contribution >= 0.6 is 12.2 Å². The van der Waals surface area contributed by atoms with Crippen LogP contribution in [-0.2, 0) is 14.4 Å². The summed E-state index contributed by atoms with van der Waals surface area (Å²) in [6.07, 6.45) is 2.98. The van der Waals surface area contributed by atoms with Gasteiger partial charge in [0, 0.05) is 24.6 Å². The van der Waals surface area contributed by atoms with Crippen LogP contribution in [0.3, 0.4) is 0 Å². The van der Waals surface area contributed by atoms with Crippen LogP contribution in [0.4, 0.5) is 5.69 Å². The zero-order chi connectivity index (χ0) is 22.8. The Balaban J connectivity index is 1.67. The monoisotopic (exact) mass is 438 g/mol. The molecule has 2 aromatic carbocycles. The number of carbonyl (C=O) groups is 3. The van der Waals surface area contributed by atoms with Crippen LogP contribution in [0.5, 0.6) is 0 Å². The molecule has 0 aliphatic carbocycles. The van der Waals surface area contributed by atoms with Gasteiger partial charge in [0.1, 0.15) is 0 Å². The predicted molar refractivity (Wildman–Crippen MR) is 126 cm³/mol. The Hall–Kier alpha value is -3.52. The highest BCUT2D eigenvalue weighted by Crippen LogP contribution is 2.14. The van der Waals surface area contributed by atoms with E-state index in [-0.39, 0.29) is 23.9 Å². The van der Waals surface area contributed by atoms with Gasteiger partial charge in [-0.15, -0.1) is 0 Å². The normalized spacial score (nSPS) is 10.4. The van der Waals surface area contributed by atoms with Gasteiger partial charge in [-0.3, -0.25) is 30.6 Å². The second-order valence-electron chi connectivity index (χ2n) is 7.08. The second kappa shape index (κ2) is 11.6. The zero-order valence-electron chi connectivity index (χ0n) is 17.7. The molecule has 162 valence electrons. The molecule has 0 aromatic heterocycles. The number of amides is 3. The third-order valence-corrected chi connectivity index (χ3v) is 4.63. The first-order valence-electron chi connectivity index (χ1n) is 9.74. The van der Waals surface area contributed by atoms with Crippen molar-refractivity contribution in [3.63, 3.8) is 0 Å². The Morgan fingerprint density at radius 2 is 1.55 bits per heavy atom.